The van der Waals surface area contributed by atoms with Gasteiger partial charge in [0.1, 0.15) is 16.7 Å². The molecule has 1 aromatic rings. The van der Waals surface area contributed by atoms with Crippen LogP contribution in [-0.4, -0.2) is 87.5 Å². The molecule has 10 nitrogen and oxygen atoms in total. The van der Waals surface area contributed by atoms with Crippen molar-refractivity contribution in [2.24, 2.45) is 0 Å². The van der Waals surface area contributed by atoms with Crippen LogP contribution < -0.4 is 0 Å². The molecule has 1 amide bonds. The lowest BCUT2D eigenvalue weighted by Crippen LogP contribution is -2.58. The summed E-state index contributed by atoms with van der Waals surface area (Å²) in [5.41, 5.74) is 0. The van der Waals surface area contributed by atoms with Crippen LogP contribution in [0.15, 0.2) is 12.4 Å². The molecule has 1 aromatic heterocycles. The number of nitrogens with zero attached hydrogens (tertiary/aromatic N) is 5. The Hall–Kier alpha value is -1.72. The SMILES string of the molecule is C[C@@]1(Cn2ccnn2)[C@@H](C(=O)OCCN2CCCCC2)N2C(=O)C[C@@H]2S1(=O)=O.Cl. The van der Waals surface area contributed by atoms with Gasteiger partial charge < -0.3 is 9.64 Å². The zero-order chi connectivity index (χ0) is 19.9. The van der Waals surface area contributed by atoms with E-state index in [4.69, 9.17) is 4.74 Å². The number of halogens is 1. The number of hydrogen-bond donors (Lipinski definition) is 0. The Bertz CT molecular complexity index is 858. The largest absolute Gasteiger partial charge is 0.463 e. The topological polar surface area (TPSA) is 115 Å². The Morgan fingerprint density at radius 2 is 2.03 bits per heavy atom. The van der Waals surface area contributed by atoms with E-state index in [0.29, 0.717) is 6.54 Å². The van der Waals surface area contributed by atoms with E-state index in [1.807, 2.05) is 0 Å². The molecule has 3 aliphatic rings. The molecule has 0 aliphatic carbocycles. The van der Waals surface area contributed by atoms with Gasteiger partial charge in [0.15, 0.2) is 15.9 Å². The zero-order valence-electron chi connectivity index (χ0n) is 16.3. The van der Waals surface area contributed by atoms with Crippen LogP contribution in [0.5, 0.6) is 0 Å². The van der Waals surface area contributed by atoms with Crippen molar-refractivity contribution in [3.05, 3.63) is 12.4 Å². The monoisotopic (exact) mass is 447 g/mol. The van der Waals surface area contributed by atoms with Gasteiger partial charge in [-0.15, -0.1) is 17.5 Å². The van der Waals surface area contributed by atoms with Gasteiger partial charge in [-0.05, 0) is 32.9 Å². The summed E-state index contributed by atoms with van der Waals surface area (Å²) >= 11 is 0. The first kappa shape index (κ1) is 22.0. The second-order valence-corrected chi connectivity index (χ2v) is 10.5. The first-order valence-corrected chi connectivity index (χ1v) is 11.2. The fraction of sp³-hybridized carbons (Fsp3) is 0.765. The van der Waals surface area contributed by atoms with E-state index in [-0.39, 0.29) is 37.9 Å². The lowest BCUT2D eigenvalue weighted by Gasteiger charge is -2.36. The molecule has 4 heterocycles. The number of likely N-dealkylation sites (tertiary alicyclic amines) is 1. The van der Waals surface area contributed by atoms with Gasteiger partial charge in [-0.2, -0.15) is 0 Å². The average Bonchev–Trinajstić information content (AvgIpc) is 3.20. The average molecular weight is 448 g/mol. The lowest BCUT2D eigenvalue weighted by molar-refractivity contribution is -0.162. The van der Waals surface area contributed by atoms with E-state index in [9.17, 15) is 18.0 Å². The smallest absolute Gasteiger partial charge is 0.330 e. The summed E-state index contributed by atoms with van der Waals surface area (Å²) in [6.07, 6.45) is 6.37. The van der Waals surface area contributed by atoms with E-state index < -0.39 is 32.0 Å². The van der Waals surface area contributed by atoms with Crippen molar-refractivity contribution in [1.82, 2.24) is 24.8 Å². The van der Waals surface area contributed by atoms with E-state index >= 15 is 0 Å². The van der Waals surface area contributed by atoms with E-state index in [1.54, 1.807) is 0 Å². The van der Waals surface area contributed by atoms with Crippen LogP contribution in [0.2, 0.25) is 0 Å². The summed E-state index contributed by atoms with van der Waals surface area (Å²) in [6, 6.07) is -1.17. The Morgan fingerprint density at radius 1 is 1.31 bits per heavy atom. The molecule has 29 heavy (non-hydrogen) atoms. The third-order valence-electron chi connectivity index (χ3n) is 6.08. The Labute approximate surface area is 175 Å². The molecule has 162 valence electrons. The Balaban J connectivity index is 0.00000240. The predicted octanol–water partition coefficient (Wildman–Crippen LogP) is -0.157. The van der Waals surface area contributed by atoms with Crippen LogP contribution in [0, 0.1) is 0 Å². The van der Waals surface area contributed by atoms with Crippen LogP contribution in [0.1, 0.15) is 32.6 Å². The molecule has 4 rings (SSSR count). The number of rotatable bonds is 6. The standard InChI is InChI=1S/C17H25N5O5S.ClH/c1-17(12-21-8-5-18-19-21)15(22-13(23)11-14(22)28(17,25)26)16(24)27-10-9-20-6-3-2-4-7-20;/h5,8,14-15H,2-4,6-7,9-12H2,1H3;1H/t14-,15+,17+;/m0./s1. The second kappa shape index (κ2) is 8.19. The van der Waals surface area contributed by atoms with Crippen molar-refractivity contribution < 1.29 is 22.7 Å². The van der Waals surface area contributed by atoms with Crippen LogP contribution >= 0.6 is 12.4 Å². The number of carbonyl (C=O) groups is 2. The van der Waals surface area contributed by atoms with Crippen LogP contribution in [0.4, 0.5) is 0 Å². The molecule has 0 bridgehead atoms. The summed E-state index contributed by atoms with van der Waals surface area (Å²) in [5.74, 6) is -1.01. The minimum absolute atomic E-state index is 0. The van der Waals surface area contributed by atoms with Gasteiger partial charge in [0.05, 0.1) is 19.2 Å². The minimum atomic E-state index is -3.77. The lowest BCUT2D eigenvalue weighted by atomic mass is 9.96. The van der Waals surface area contributed by atoms with Crippen molar-refractivity contribution in [2.45, 2.75) is 55.3 Å². The molecule has 0 saturated carbocycles. The maximum Gasteiger partial charge on any atom is 0.330 e. The van der Waals surface area contributed by atoms with Crippen molar-refractivity contribution in [3.63, 3.8) is 0 Å². The second-order valence-electron chi connectivity index (χ2n) is 7.89. The Kier molecular flexibility index (Phi) is 6.21. The highest BCUT2D eigenvalue weighted by atomic mass is 35.5. The molecule has 3 saturated heterocycles. The highest BCUT2D eigenvalue weighted by molar-refractivity contribution is 7.93. The molecule has 0 radical (unpaired) electrons. The quantitative estimate of drug-likeness (QED) is 0.436. The van der Waals surface area contributed by atoms with Crippen molar-refractivity contribution in [3.8, 4) is 0 Å². The first-order valence-electron chi connectivity index (χ1n) is 9.62. The molecular formula is C17H26ClN5O5S. The number of carbonyl (C=O) groups excluding carboxylic acids is 2. The number of sulfone groups is 1. The van der Waals surface area contributed by atoms with Gasteiger partial charge in [-0.1, -0.05) is 11.6 Å². The number of aromatic nitrogens is 3. The fourth-order valence-corrected chi connectivity index (χ4v) is 6.80. The van der Waals surface area contributed by atoms with Gasteiger partial charge in [0.25, 0.3) is 0 Å². The van der Waals surface area contributed by atoms with Crippen molar-refractivity contribution in [1.29, 1.82) is 0 Å². The van der Waals surface area contributed by atoms with E-state index in [0.717, 1.165) is 25.9 Å². The highest BCUT2D eigenvalue weighted by Gasteiger charge is 2.70. The van der Waals surface area contributed by atoms with Crippen LogP contribution in [-0.2, 0) is 30.7 Å². The van der Waals surface area contributed by atoms with Gasteiger partial charge in [-0.25, -0.2) is 13.2 Å². The Morgan fingerprint density at radius 3 is 2.66 bits per heavy atom. The molecular weight excluding hydrogens is 422 g/mol. The zero-order valence-corrected chi connectivity index (χ0v) is 17.9. The number of fused-ring (bicyclic) bond motifs is 1. The van der Waals surface area contributed by atoms with Gasteiger partial charge in [0.2, 0.25) is 5.91 Å². The molecule has 12 heteroatoms. The normalized spacial score (nSPS) is 30.9. The highest BCUT2D eigenvalue weighted by Crippen LogP contribution is 2.47. The number of hydrogen-bond acceptors (Lipinski definition) is 8. The molecule has 3 fully saturated rings. The van der Waals surface area contributed by atoms with Gasteiger partial charge in [-0.3, -0.25) is 14.4 Å². The van der Waals surface area contributed by atoms with Gasteiger partial charge >= 0.3 is 5.97 Å². The summed E-state index contributed by atoms with van der Waals surface area (Å²) < 4.78 is 31.5. The third kappa shape index (κ3) is 3.64. The van der Waals surface area contributed by atoms with E-state index in [2.05, 4.69) is 15.2 Å². The summed E-state index contributed by atoms with van der Waals surface area (Å²) in [5, 5.41) is 6.57. The van der Waals surface area contributed by atoms with Crippen molar-refractivity contribution in [2.75, 3.05) is 26.2 Å². The third-order valence-corrected chi connectivity index (χ3v) is 8.85. The number of piperidine rings is 1. The number of ether oxygens (including phenoxy) is 1. The maximum absolute atomic E-state index is 13.1. The number of amides is 1. The molecule has 0 spiro atoms. The maximum atomic E-state index is 13.1. The number of β-lactam (4-membered cyclic amide) rings is 1. The minimum Gasteiger partial charge on any atom is -0.463 e. The first-order chi connectivity index (χ1) is 13.3. The summed E-state index contributed by atoms with van der Waals surface area (Å²) in [7, 11) is -3.77. The van der Waals surface area contributed by atoms with Crippen LogP contribution in [0.3, 0.4) is 0 Å². The fourth-order valence-electron chi connectivity index (χ4n) is 4.45. The molecule has 0 unspecified atom stereocenters. The molecule has 3 atom stereocenters. The van der Waals surface area contributed by atoms with E-state index in [1.165, 1.54) is 35.3 Å². The molecule has 0 N–H and O–H groups in total. The summed E-state index contributed by atoms with van der Waals surface area (Å²) in [4.78, 5) is 28.5. The number of esters is 1. The predicted molar refractivity (Wildman–Crippen MR) is 105 cm³/mol. The molecule has 3 aliphatic heterocycles. The van der Waals surface area contributed by atoms with Gasteiger partial charge in [0, 0.05) is 12.7 Å². The van der Waals surface area contributed by atoms with Crippen LogP contribution in [0.25, 0.3) is 0 Å². The molecule has 0 aromatic carbocycles. The summed E-state index contributed by atoms with van der Waals surface area (Å²) in [6.45, 7) is 4.18. The van der Waals surface area contributed by atoms with Crippen molar-refractivity contribution >= 4 is 34.1 Å².